The van der Waals surface area contributed by atoms with Crippen LogP contribution >= 0.6 is 11.6 Å². The Kier molecular flexibility index (Phi) is 6.26. The van der Waals surface area contributed by atoms with E-state index in [2.05, 4.69) is 0 Å². The minimum Gasteiger partial charge on any atom is -0.396 e. The lowest BCUT2D eigenvalue weighted by Crippen LogP contribution is -2.44. The molecule has 0 radical (unpaired) electrons. The van der Waals surface area contributed by atoms with Crippen molar-refractivity contribution in [2.75, 3.05) is 16.4 Å². The van der Waals surface area contributed by atoms with Crippen LogP contribution in [-0.4, -0.2) is 28.6 Å². The highest BCUT2D eigenvalue weighted by atomic mass is 35.5. The Morgan fingerprint density at radius 3 is 2.54 bits per heavy atom. The summed E-state index contributed by atoms with van der Waals surface area (Å²) in [6.45, 7) is 1.97. The second kappa shape index (κ2) is 9.65. The number of aliphatic hydroxyl groups excluding tert-OH is 1. The van der Waals surface area contributed by atoms with Gasteiger partial charge in [-0.3, -0.25) is 14.5 Å². The third-order valence-corrected chi connectivity index (χ3v) is 7.91. The first-order chi connectivity index (χ1) is 18.8. The number of aliphatic hydroxyl groups is 2. The van der Waals surface area contributed by atoms with Crippen molar-refractivity contribution < 1.29 is 19.8 Å². The maximum Gasteiger partial charge on any atom is 0.264 e. The van der Waals surface area contributed by atoms with Gasteiger partial charge in [0, 0.05) is 34.2 Å². The molecule has 2 amide bonds. The summed E-state index contributed by atoms with van der Waals surface area (Å²) in [7, 11) is 0. The highest BCUT2D eigenvalue weighted by Gasteiger charge is 2.52. The summed E-state index contributed by atoms with van der Waals surface area (Å²) in [5.74, 6) is -1.08. The first-order valence-corrected chi connectivity index (χ1v) is 13.3. The van der Waals surface area contributed by atoms with Crippen molar-refractivity contribution in [1.29, 1.82) is 0 Å². The van der Waals surface area contributed by atoms with Gasteiger partial charge in [0.25, 0.3) is 11.8 Å². The quantitative estimate of drug-likeness (QED) is 0.279. The SMILES string of the molecule is C[C@H](/C=C/CCO)[C@@]1(O)C(=O)N(Cc2cccc(N3C(=O)c4cccc5cccc3c45)c2)c2ccc(Cl)cc21. The summed E-state index contributed by atoms with van der Waals surface area (Å²) in [6, 6.07) is 24.3. The van der Waals surface area contributed by atoms with Crippen molar-refractivity contribution in [2.45, 2.75) is 25.5 Å². The maximum atomic E-state index is 13.8. The molecule has 7 heteroatoms. The molecule has 0 aliphatic carbocycles. The van der Waals surface area contributed by atoms with Gasteiger partial charge in [0.15, 0.2) is 5.60 Å². The average Bonchev–Trinajstić information content (AvgIpc) is 3.34. The smallest absolute Gasteiger partial charge is 0.264 e. The zero-order valence-electron chi connectivity index (χ0n) is 21.3. The molecule has 6 rings (SSSR count). The van der Waals surface area contributed by atoms with Crippen LogP contribution in [0.1, 0.15) is 34.8 Å². The molecule has 0 fully saturated rings. The first-order valence-electron chi connectivity index (χ1n) is 12.9. The van der Waals surface area contributed by atoms with Gasteiger partial charge in [0.2, 0.25) is 0 Å². The van der Waals surface area contributed by atoms with Crippen LogP contribution < -0.4 is 9.80 Å². The van der Waals surface area contributed by atoms with Crippen LogP contribution in [0.25, 0.3) is 10.8 Å². The molecule has 0 saturated carbocycles. The third kappa shape index (κ3) is 3.95. The van der Waals surface area contributed by atoms with E-state index in [0.29, 0.717) is 33.9 Å². The molecule has 0 aromatic heterocycles. The molecule has 196 valence electrons. The lowest BCUT2D eigenvalue weighted by Gasteiger charge is -2.28. The minimum absolute atomic E-state index is 0.0143. The zero-order chi connectivity index (χ0) is 27.3. The summed E-state index contributed by atoms with van der Waals surface area (Å²) < 4.78 is 0. The predicted octanol–water partition coefficient (Wildman–Crippen LogP) is 6.09. The number of benzene rings is 4. The molecule has 2 heterocycles. The number of hydrogen-bond donors (Lipinski definition) is 2. The fourth-order valence-electron chi connectivity index (χ4n) is 5.74. The van der Waals surface area contributed by atoms with E-state index in [4.69, 9.17) is 16.7 Å². The van der Waals surface area contributed by atoms with Gasteiger partial charge in [-0.25, -0.2) is 0 Å². The molecule has 0 saturated heterocycles. The van der Waals surface area contributed by atoms with Crippen LogP contribution in [-0.2, 0) is 16.9 Å². The highest BCUT2D eigenvalue weighted by molar-refractivity contribution is 6.31. The number of carbonyl (C=O) groups is 2. The van der Waals surface area contributed by atoms with Crippen LogP contribution in [0.4, 0.5) is 17.1 Å². The molecule has 0 spiro atoms. The van der Waals surface area contributed by atoms with E-state index in [9.17, 15) is 14.7 Å². The molecule has 2 aliphatic heterocycles. The van der Waals surface area contributed by atoms with Crippen molar-refractivity contribution in [3.05, 3.63) is 113 Å². The van der Waals surface area contributed by atoms with E-state index in [-0.39, 0.29) is 19.1 Å². The standard InChI is InChI=1S/C32H27ClN2O4/c1-20(7-2-3-16-36)32(39)26-18-23(33)14-15-27(26)34(31(32)38)19-21-8-4-11-24(17-21)35-28-13-6-10-22-9-5-12-25(29(22)28)30(35)37/h2,4-15,17-18,20,36,39H,3,16,19H2,1H3/b7-2+/t20-,32+/m1/s1. The molecular formula is C32H27ClN2O4. The molecule has 2 N–H and O–H groups in total. The Labute approximate surface area is 231 Å². The Balaban J connectivity index is 1.36. The molecule has 4 aromatic carbocycles. The minimum atomic E-state index is -1.80. The number of nitrogens with zero attached hydrogens (tertiary/aromatic N) is 2. The van der Waals surface area contributed by atoms with Crippen LogP contribution in [0.5, 0.6) is 0 Å². The molecular weight excluding hydrogens is 512 g/mol. The van der Waals surface area contributed by atoms with Crippen molar-refractivity contribution >= 4 is 51.2 Å². The van der Waals surface area contributed by atoms with Crippen molar-refractivity contribution in [1.82, 2.24) is 0 Å². The largest absolute Gasteiger partial charge is 0.396 e. The van der Waals surface area contributed by atoms with E-state index >= 15 is 0 Å². The first kappa shape index (κ1) is 25.3. The molecule has 4 aromatic rings. The number of fused-ring (bicyclic) bond motifs is 1. The summed E-state index contributed by atoms with van der Waals surface area (Å²) >= 11 is 6.29. The Morgan fingerprint density at radius 1 is 0.974 bits per heavy atom. The number of anilines is 3. The van der Waals surface area contributed by atoms with Gasteiger partial charge in [0.1, 0.15) is 0 Å². The zero-order valence-corrected chi connectivity index (χ0v) is 22.1. The maximum absolute atomic E-state index is 13.8. The second-order valence-electron chi connectivity index (χ2n) is 10.0. The van der Waals surface area contributed by atoms with Crippen molar-refractivity contribution in [2.24, 2.45) is 5.92 Å². The molecule has 2 atom stereocenters. The summed E-state index contributed by atoms with van der Waals surface area (Å²) in [5, 5.41) is 23.3. The molecule has 0 bridgehead atoms. The fourth-order valence-corrected chi connectivity index (χ4v) is 5.91. The van der Waals surface area contributed by atoms with E-state index in [1.54, 1.807) is 47.1 Å². The molecule has 39 heavy (non-hydrogen) atoms. The van der Waals surface area contributed by atoms with Gasteiger partial charge in [0.05, 0.1) is 23.5 Å². The molecule has 2 aliphatic rings. The van der Waals surface area contributed by atoms with Crippen LogP contribution in [0.2, 0.25) is 5.02 Å². The van der Waals surface area contributed by atoms with Gasteiger partial charge in [-0.05, 0) is 59.8 Å². The van der Waals surface area contributed by atoms with Crippen LogP contribution in [0.15, 0.2) is 91.0 Å². The summed E-state index contributed by atoms with van der Waals surface area (Å²) in [4.78, 5) is 30.6. The predicted molar refractivity (Wildman–Crippen MR) is 153 cm³/mol. The number of hydrogen-bond acceptors (Lipinski definition) is 4. The third-order valence-electron chi connectivity index (χ3n) is 7.68. The van der Waals surface area contributed by atoms with Crippen LogP contribution in [0.3, 0.4) is 0 Å². The van der Waals surface area contributed by atoms with Gasteiger partial charge in [-0.1, -0.05) is 67.1 Å². The lowest BCUT2D eigenvalue weighted by atomic mass is 9.83. The van der Waals surface area contributed by atoms with Gasteiger partial charge in [-0.2, -0.15) is 0 Å². The van der Waals surface area contributed by atoms with E-state index < -0.39 is 17.4 Å². The molecule has 0 unspecified atom stereocenters. The Morgan fingerprint density at radius 2 is 1.74 bits per heavy atom. The number of amides is 2. The van der Waals surface area contributed by atoms with E-state index in [1.165, 1.54) is 0 Å². The van der Waals surface area contributed by atoms with E-state index in [1.807, 2.05) is 60.7 Å². The van der Waals surface area contributed by atoms with E-state index in [0.717, 1.165) is 22.0 Å². The lowest BCUT2D eigenvalue weighted by molar-refractivity contribution is -0.139. The monoisotopic (exact) mass is 538 g/mol. The summed E-state index contributed by atoms with van der Waals surface area (Å²) in [5.41, 5.74) is 2.27. The van der Waals surface area contributed by atoms with Gasteiger partial charge < -0.3 is 15.1 Å². The van der Waals surface area contributed by atoms with Crippen molar-refractivity contribution in [3.8, 4) is 0 Å². The molecule has 6 nitrogen and oxygen atoms in total. The fraction of sp³-hybridized carbons (Fsp3) is 0.188. The Bertz CT molecular complexity index is 1660. The van der Waals surface area contributed by atoms with Crippen LogP contribution in [0, 0.1) is 5.92 Å². The topological polar surface area (TPSA) is 81.1 Å². The summed E-state index contributed by atoms with van der Waals surface area (Å²) in [6.07, 6.45) is 3.94. The Hall–Kier alpha value is -3.97. The highest BCUT2D eigenvalue weighted by Crippen LogP contribution is 2.47. The second-order valence-corrected chi connectivity index (χ2v) is 10.5. The van der Waals surface area contributed by atoms with Crippen molar-refractivity contribution in [3.63, 3.8) is 0 Å². The number of carbonyl (C=O) groups excluding carboxylic acids is 2. The normalized spacial score (nSPS) is 19.0. The number of rotatable bonds is 7. The van der Waals surface area contributed by atoms with Gasteiger partial charge >= 0.3 is 0 Å². The average molecular weight is 539 g/mol. The number of halogens is 1. The van der Waals surface area contributed by atoms with Gasteiger partial charge in [-0.15, -0.1) is 0 Å².